The average Bonchev–Trinajstić information content (AvgIpc) is 3.06. The van der Waals surface area contributed by atoms with Crippen LogP contribution in [0.5, 0.6) is 0 Å². The van der Waals surface area contributed by atoms with Gasteiger partial charge >= 0.3 is 0 Å². The van der Waals surface area contributed by atoms with Crippen LogP contribution >= 0.6 is 11.6 Å². The van der Waals surface area contributed by atoms with Gasteiger partial charge in [0.05, 0.1) is 6.54 Å². The molecule has 104 valence electrons. The molecule has 3 nitrogen and oxygen atoms in total. The molecule has 0 aromatic heterocycles. The molecule has 1 aliphatic carbocycles. The summed E-state index contributed by atoms with van der Waals surface area (Å²) >= 11 is 5.92. The average molecular weight is 280 g/mol. The first-order valence-corrected chi connectivity index (χ1v) is 7.03. The number of nitrogens with zero attached hydrogens (tertiary/aromatic N) is 1. The van der Waals surface area contributed by atoms with Gasteiger partial charge in [-0.2, -0.15) is 0 Å². The van der Waals surface area contributed by atoms with Crippen LogP contribution in [0, 0.1) is 0 Å². The van der Waals surface area contributed by atoms with E-state index in [2.05, 4.69) is 43.2 Å². The number of nitrogens with one attached hydrogen (secondary N) is 1. The second-order valence-electron chi connectivity index (χ2n) is 6.36. The Bertz CT molecular complexity index is 467. The molecule has 0 radical (unpaired) electrons. The normalized spacial score (nSPS) is 18.2. The highest BCUT2D eigenvalue weighted by molar-refractivity contribution is 6.30. The van der Waals surface area contributed by atoms with Crippen molar-refractivity contribution >= 4 is 17.6 Å². The summed E-state index contributed by atoms with van der Waals surface area (Å²) in [6.07, 6.45) is 2.34. The van der Waals surface area contributed by atoms with Crippen LogP contribution in [0.4, 0.5) is 0 Å². The van der Waals surface area contributed by atoms with Gasteiger partial charge in [-0.25, -0.2) is 0 Å². The van der Waals surface area contributed by atoms with E-state index in [0.717, 1.165) is 11.6 Å². The Morgan fingerprint density at radius 2 is 1.89 bits per heavy atom. The third kappa shape index (κ3) is 3.87. The van der Waals surface area contributed by atoms with E-state index >= 15 is 0 Å². The van der Waals surface area contributed by atoms with Gasteiger partial charge in [0.15, 0.2) is 5.96 Å². The van der Waals surface area contributed by atoms with Crippen molar-refractivity contribution in [1.82, 2.24) is 5.32 Å². The van der Waals surface area contributed by atoms with Gasteiger partial charge in [0, 0.05) is 16.0 Å². The lowest BCUT2D eigenvalue weighted by molar-refractivity contribution is 0.507. The number of benzene rings is 1. The van der Waals surface area contributed by atoms with Crippen LogP contribution in [0.15, 0.2) is 29.3 Å². The molecule has 0 spiro atoms. The van der Waals surface area contributed by atoms with E-state index in [-0.39, 0.29) is 11.0 Å². The Kier molecular flexibility index (Phi) is 3.77. The molecule has 0 atom stereocenters. The molecule has 1 aliphatic rings. The molecule has 1 aromatic rings. The highest BCUT2D eigenvalue weighted by atomic mass is 35.5. The fraction of sp³-hybridized carbons (Fsp3) is 0.533. The summed E-state index contributed by atoms with van der Waals surface area (Å²) in [5, 5.41) is 3.96. The number of guanidine groups is 1. The van der Waals surface area contributed by atoms with E-state index in [0.29, 0.717) is 5.96 Å². The van der Waals surface area contributed by atoms with Crippen molar-refractivity contribution in [2.45, 2.75) is 44.6 Å². The lowest BCUT2D eigenvalue weighted by Gasteiger charge is -2.22. The minimum atomic E-state index is -0.0510. The molecule has 0 unspecified atom stereocenters. The minimum Gasteiger partial charge on any atom is -0.370 e. The highest BCUT2D eigenvalue weighted by Gasteiger charge is 2.44. The topological polar surface area (TPSA) is 50.4 Å². The monoisotopic (exact) mass is 279 g/mol. The van der Waals surface area contributed by atoms with Gasteiger partial charge in [0.25, 0.3) is 0 Å². The van der Waals surface area contributed by atoms with Gasteiger partial charge < -0.3 is 11.1 Å². The van der Waals surface area contributed by atoms with Crippen LogP contribution < -0.4 is 11.1 Å². The molecule has 1 aromatic carbocycles. The number of halogens is 1. The summed E-state index contributed by atoms with van der Waals surface area (Å²) in [6.45, 7) is 6.95. The number of hydrogen-bond acceptors (Lipinski definition) is 1. The van der Waals surface area contributed by atoms with E-state index in [1.165, 1.54) is 18.4 Å². The van der Waals surface area contributed by atoms with Crippen LogP contribution in [0.3, 0.4) is 0 Å². The number of hydrogen-bond donors (Lipinski definition) is 2. The SMILES string of the molecule is CC(C)(C)NC(N)=NCC1(c2ccc(Cl)cc2)CC1. The van der Waals surface area contributed by atoms with Gasteiger partial charge in [-0.1, -0.05) is 23.7 Å². The summed E-state index contributed by atoms with van der Waals surface area (Å²) < 4.78 is 0. The van der Waals surface area contributed by atoms with Crippen molar-refractivity contribution in [3.63, 3.8) is 0 Å². The first-order chi connectivity index (χ1) is 8.81. The third-order valence-corrected chi connectivity index (χ3v) is 3.62. The van der Waals surface area contributed by atoms with Crippen LogP contribution in [0.2, 0.25) is 5.02 Å². The standard InChI is InChI=1S/C15H22ClN3/c1-14(2,3)19-13(17)18-10-15(8-9-15)11-4-6-12(16)7-5-11/h4-7H,8-10H2,1-3H3,(H3,17,18,19). The maximum atomic E-state index is 5.92. The largest absolute Gasteiger partial charge is 0.370 e. The second-order valence-corrected chi connectivity index (χ2v) is 6.80. The van der Waals surface area contributed by atoms with Gasteiger partial charge in [-0.05, 0) is 51.3 Å². The van der Waals surface area contributed by atoms with E-state index < -0.39 is 0 Å². The third-order valence-electron chi connectivity index (χ3n) is 3.37. The Morgan fingerprint density at radius 3 is 2.37 bits per heavy atom. The van der Waals surface area contributed by atoms with Crippen molar-refractivity contribution < 1.29 is 0 Å². The zero-order valence-electron chi connectivity index (χ0n) is 11.8. The maximum Gasteiger partial charge on any atom is 0.189 e. The van der Waals surface area contributed by atoms with Gasteiger partial charge in [0.1, 0.15) is 0 Å². The quantitative estimate of drug-likeness (QED) is 0.660. The van der Waals surface area contributed by atoms with Crippen LogP contribution in [-0.2, 0) is 5.41 Å². The molecule has 0 aliphatic heterocycles. The van der Waals surface area contributed by atoms with Crippen molar-refractivity contribution in [2.75, 3.05) is 6.54 Å². The first kappa shape index (κ1) is 14.2. The van der Waals surface area contributed by atoms with Crippen molar-refractivity contribution in [1.29, 1.82) is 0 Å². The zero-order chi connectivity index (χ0) is 14.1. The molecule has 1 saturated carbocycles. The highest BCUT2D eigenvalue weighted by Crippen LogP contribution is 2.48. The smallest absolute Gasteiger partial charge is 0.189 e. The summed E-state index contributed by atoms with van der Waals surface area (Å²) in [5.41, 5.74) is 7.35. The van der Waals surface area contributed by atoms with Crippen LogP contribution in [-0.4, -0.2) is 18.0 Å². The number of nitrogens with two attached hydrogens (primary N) is 1. The fourth-order valence-electron chi connectivity index (χ4n) is 2.15. The summed E-state index contributed by atoms with van der Waals surface area (Å²) in [6, 6.07) is 8.07. The van der Waals surface area contributed by atoms with Gasteiger partial charge in [-0.15, -0.1) is 0 Å². The molecule has 1 fully saturated rings. The summed E-state index contributed by atoms with van der Waals surface area (Å²) in [5.74, 6) is 0.521. The molecule has 2 rings (SSSR count). The van der Waals surface area contributed by atoms with Crippen molar-refractivity contribution in [3.8, 4) is 0 Å². The zero-order valence-corrected chi connectivity index (χ0v) is 12.6. The molecule has 19 heavy (non-hydrogen) atoms. The predicted molar refractivity (Wildman–Crippen MR) is 81.7 cm³/mol. The summed E-state index contributed by atoms with van der Waals surface area (Å²) in [7, 11) is 0. The Morgan fingerprint density at radius 1 is 1.32 bits per heavy atom. The minimum absolute atomic E-state index is 0.0510. The Labute approximate surface area is 120 Å². The molecule has 0 heterocycles. The fourth-order valence-corrected chi connectivity index (χ4v) is 2.28. The molecular formula is C15H22ClN3. The number of rotatable bonds is 3. The predicted octanol–water partition coefficient (Wildman–Crippen LogP) is 3.07. The van der Waals surface area contributed by atoms with Crippen molar-refractivity contribution in [2.24, 2.45) is 10.7 Å². The van der Waals surface area contributed by atoms with Crippen molar-refractivity contribution in [3.05, 3.63) is 34.9 Å². The van der Waals surface area contributed by atoms with Gasteiger partial charge in [-0.3, -0.25) is 4.99 Å². The van der Waals surface area contributed by atoms with Crippen LogP contribution in [0.1, 0.15) is 39.2 Å². The lowest BCUT2D eigenvalue weighted by Crippen LogP contribution is -2.45. The number of aliphatic imine (C=N–C) groups is 1. The van der Waals surface area contributed by atoms with Gasteiger partial charge in [0.2, 0.25) is 0 Å². The van der Waals surface area contributed by atoms with Crippen LogP contribution in [0.25, 0.3) is 0 Å². The Hall–Kier alpha value is -1.22. The second kappa shape index (κ2) is 5.04. The molecule has 0 bridgehead atoms. The molecule has 3 N–H and O–H groups in total. The van der Waals surface area contributed by atoms with E-state index in [9.17, 15) is 0 Å². The lowest BCUT2D eigenvalue weighted by atomic mass is 9.96. The van der Waals surface area contributed by atoms with E-state index in [1.807, 2.05) is 12.1 Å². The maximum absolute atomic E-state index is 5.92. The van der Waals surface area contributed by atoms with E-state index in [4.69, 9.17) is 17.3 Å². The molecule has 0 amide bonds. The summed E-state index contributed by atoms with van der Waals surface area (Å²) in [4.78, 5) is 4.49. The van der Waals surface area contributed by atoms with E-state index in [1.54, 1.807) is 0 Å². The first-order valence-electron chi connectivity index (χ1n) is 6.65. The molecule has 0 saturated heterocycles. The Balaban J connectivity index is 2.03. The molecule has 4 heteroatoms. The molecular weight excluding hydrogens is 258 g/mol.